The van der Waals surface area contributed by atoms with Gasteiger partial charge in [0.2, 0.25) is 0 Å². The van der Waals surface area contributed by atoms with Gasteiger partial charge in [0.15, 0.2) is 11.7 Å². The number of hydrogen-bond acceptors (Lipinski definition) is 4. The quantitative estimate of drug-likeness (QED) is 0.795. The number of nitrogens with zero attached hydrogens (tertiary/aromatic N) is 3. The number of benzene rings is 1. The Morgan fingerprint density at radius 2 is 2.31 bits per heavy atom. The molecule has 0 aliphatic carbocycles. The van der Waals surface area contributed by atoms with E-state index < -0.39 is 0 Å². The summed E-state index contributed by atoms with van der Waals surface area (Å²) in [5, 5.41) is 17.7. The second-order valence-electron chi connectivity index (χ2n) is 4.00. The van der Waals surface area contributed by atoms with E-state index in [-0.39, 0.29) is 12.0 Å². The Balaban J connectivity index is 2.06. The minimum Gasteiger partial charge on any atom is -0.506 e. The van der Waals surface area contributed by atoms with Crippen LogP contribution in [0.1, 0.15) is 25.5 Å². The highest BCUT2D eigenvalue weighted by molar-refractivity contribution is 5.80. The standard InChI is InChI=1S/C11H13N3O2/c15-9-5-3-4-8-11(9)12-13-14(8)10-6-1-2-7-16-10/h3-5,10,15H,1-2,6-7H2. The fraction of sp³-hybridized carbons (Fsp3) is 0.455. The van der Waals surface area contributed by atoms with Gasteiger partial charge in [0.25, 0.3) is 0 Å². The van der Waals surface area contributed by atoms with Crippen molar-refractivity contribution in [3.63, 3.8) is 0 Å². The summed E-state index contributed by atoms with van der Waals surface area (Å²) in [5.74, 6) is 0.166. The van der Waals surface area contributed by atoms with Crippen LogP contribution in [-0.4, -0.2) is 26.7 Å². The lowest BCUT2D eigenvalue weighted by Crippen LogP contribution is -2.19. The van der Waals surface area contributed by atoms with Crippen molar-refractivity contribution in [3.8, 4) is 5.75 Å². The molecule has 16 heavy (non-hydrogen) atoms. The highest BCUT2D eigenvalue weighted by Gasteiger charge is 2.19. The molecule has 0 saturated carbocycles. The van der Waals surface area contributed by atoms with Crippen LogP contribution in [0.15, 0.2) is 18.2 Å². The van der Waals surface area contributed by atoms with Gasteiger partial charge in [-0.1, -0.05) is 11.3 Å². The molecule has 3 rings (SSSR count). The number of fused-ring (bicyclic) bond motifs is 1. The Hall–Kier alpha value is -1.62. The van der Waals surface area contributed by atoms with Crippen molar-refractivity contribution in [1.82, 2.24) is 15.0 Å². The summed E-state index contributed by atoms with van der Waals surface area (Å²) in [7, 11) is 0. The van der Waals surface area contributed by atoms with Crippen molar-refractivity contribution < 1.29 is 9.84 Å². The second-order valence-corrected chi connectivity index (χ2v) is 4.00. The normalized spacial score (nSPS) is 21.4. The predicted molar refractivity (Wildman–Crippen MR) is 58.0 cm³/mol. The van der Waals surface area contributed by atoms with Crippen LogP contribution in [0.5, 0.6) is 5.75 Å². The van der Waals surface area contributed by atoms with Crippen LogP contribution in [0.25, 0.3) is 11.0 Å². The first-order valence-corrected chi connectivity index (χ1v) is 5.51. The van der Waals surface area contributed by atoms with Crippen LogP contribution in [0, 0.1) is 0 Å². The van der Waals surface area contributed by atoms with Crippen molar-refractivity contribution in [2.75, 3.05) is 6.61 Å². The Kier molecular flexibility index (Phi) is 2.25. The average Bonchev–Trinajstić information content (AvgIpc) is 2.75. The molecule has 1 fully saturated rings. The van der Waals surface area contributed by atoms with Crippen molar-refractivity contribution in [2.24, 2.45) is 0 Å². The lowest BCUT2D eigenvalue weighted by atomic mass is 10.2. The van der Waals surface area contributed by atoms with E-state index in [0.717, 1.165) is 31.4 Å². The molecule has 1 aliphatic rings. The van der Waals surface area contributed by atoms with Crippen LogP contribution >= 0.6 is 0 Å². The molecule has 5 heteroatoms. The van der Waals surface area contributed by atoms with E-state index in [1.165, 1.54) is 0 Å². The summed E-state index contributed by atoms with van der Waals surface area (Å²) in [4.78, 5) is 0. The third-order valence-corrected chi connectivity index (χ3v) is 2.91. The first kappa shape index (κ1) is 9.59. The van der Waals surface area contributed by atoms with Gasteiger partial charge >= 0.3 is 0 Å². The topological polar surface area (TPSA) is 60.2 Å². The minimum atomic E-state index is -0.0412. The number of phenols is 1. The molecule has 1 saturated heterocycles. The largest absolute Gasteiger partial charge is 0.506 e. The molecular weight excluding hydrogens is 206 g/mol. The molecule has 1 N–H and O–H groups in total. The molecule has 1 aromatic heterocycles. The fourth-order valence-electron chi connectivity index (χ4n) is 2.08. The van der Waals surface area contributed by atoms with E-state index in [0.29, 0.717) is 5.52 Å². The van der Waals surface area contributed by atoms with Gasteiger partial charge in [0.1, 0.15) is 5.75 Å². The first-order chi connectivity index (χ1) is 7.86. The summed E-state index contributed by atoms with van der Waals surface area (Å²) in [5.41, 5.74) is 1.36. The molecule has 1 atom stereocenters. The second kappa shape index (κ2) is 3.75. The number of aromatic hydroxyl groups is 1. The monoisotopic (exact) mass is 219 g/mol. The molecule has 5 nitrogen and oxygen atoms in total. The van der Waals surface area contributed by atoms with Crippen LogP contribution in [0.2, 0.25) is 0 Å². The van der Waals surface area contributed by atoms with Crippen LogP contribution in [0.4, 0.5) is 0 Å². The van der Waals surface area contributed by atoms with Gasteiger partial charge in [0, 0.05) is 6.61 Å². The highest BCUT2D eigenvalue weighted by atomic mass is 16.5. The number of phenolic OH excluding ortho intramolecular Hbond substituents is 1. The van der Waals surface area contributed by atoms with Crippen LogP contribution < -0.4 is 0 Å². The molecular formula is C11H13N3O2. The summed E-state index contributed by atoms with van der Waals surface area (Å²) >= 11 is 0. The summed E-state index contributed by atoms with van der Waals surface area (Å²) in [6, 6.07) is 5.30. The molecule has 2 aromatic rings. The lowest BCUT2D eigenvalue weighted by molar-refractivity contribution is -0.0377. The Bertz CT molecular complexity index is 503. The van der Waals surface area contributed by atoms with Gasteiger partial charge in [-0.2, -0.15) is 0 Å². The predicted octanol–water partition coefficient (Wildman–Crippen LogP) is 1.84. The minimum absolute atomic E-state index is 0.0412. The van der Waals surface area contributed by atoms with Gasteiger partial charge < -0.3 is 9.84 Å². The lowest BCUT2D eigenvalue weighted by Gasteiger charge is -2.22. The average molecular weight is 219 g/mol. The van der Waals surface area contributed by atoms with Crippen LogP contribution in [-0.2, 0) is 4.74 Å². The zero-order valence-electron chi connectivity index (χ0n) is 8.83. The van der Waals surface area contributed by atoms with Gasteiger partial charge in [-0.3, -0.25) is 0 Å². The van der Waals surface area contributed by atoms with E-state index in [4.69, 9.17) is 4.74 Å². The van der Waals surface area contributed by atoms with Gasteiger partial charge in [-0.05, 0) is 31.4 Å². The summed E-state index contributed by atoms with van der Waals surface area (Å²) in [6.45, 7) is 0.769. The van der Waals surface area contributed by atoms with E-state index in [1.54, 1.807) is 16.8 Å². The van der Waals surface area contributed by atoms with E-state index in [2.05, 4.69) is 10.3 Å². The SMILES string of the molecule is Oc1cccc2c1nnn2C1CCCCO1. The Morgan fingerprint density at radius 3 is 3.12 bits per heavy atom. The van der Waals surface area contributed by atoms with Gasteiger partial charge in [0.05, 0.1) is 5.52 Å². The molecule has 0 bridgehead atoms. The maximum atomic E-state index is 9.63. The Labute approximate surface area is 92.6 Å². The van der Waals surface area contributed by atoms with Crippen molar-refractivity contribution >= 4 is 11.0 Å². The summed E-state index contributed by atoms with van der Waals surface area (Å²) < 4.78 is 7.41. The highest BCUT2D eigenvalue weighted by Crippen LogP contribution is 2.28. The fourth-order valence-corrected chi connectivity index (χ4v) is 2.08. The number of hydrogen-bond donors (Lipinski definition) is 1. The molecule has 2 heterocycles. The zero-order valence-corrected chi connectivity index (χ0v) is 8.83. The third-order valence-electron chi connectivity index (χ3n) is 2.91. The van der Waals surface area contributed by atoms with E-state index in [1.807, 2.05) is 6.07 Å². The van der Waals surface area contributed by atoms with E-state index >= 15 is 0 Å². The number of rotatable bonds is 1. The number of aromatic nitrogens is 3. The Morgan fingerprint density at radius 1 is 1.38 bits per heavy atom. The smallest absolute Gasteiger partial charge is 0.154 e. The molecule has 0 amide bonds. The first-order valence-electron chi connectivity index (χ1n) is 5.51. The van der Waals surface area contributed by atoms with Crippen LogP contribution in [0.3, 0.4) is 0 Å². The maximum Gasteiger partial charge on any atom is 0.154 e. The number of ether oxygens (including phenoxy) is 1. The molecule has 0 radical (unpaired) electrons. The molecule has 1 unspecified atom stereocenters. The van der Waals surface area contributed by atoms with Gasteiger partial charge in [-0.25, -0.2) is 4.68 Å². The molecule has 1 aliphatic heterocycles. The van der Waals surface area contributed by atoms with Crippen molar-refractivity contribution in [2.45, 2.75) is 25.5 Å². The molecule has 1 aromatic carbocycles. The van der Waals surface area contributed by atoms with E-state index in [9.17, 15) is 5.11 Å². The van der Waals surface area contributed by atoms with Gasteiger partial charge in [-0.15, -0.1) is 5.10 Å². The van der Waals surface area contributed by atoms with Crippen molar-refractivity contribution in [1.29, 1.82) is 0 Å². The maximum absolute atomic E-state index is 9.63. The molecule has 84 valence electrons. The summed E-state index contributed by atoms with van der Waals surface area (Å²) in [6.07, 6.45) is 3.16. The van der Waals surface area contributed by atoms with Crippen molar-refractivity contribution in [3.05, 3.63) is 18.2 Å². The zero-order chi connectivity index (χ0) is 11.0. The molecule has 0 spiro atoms. The third kappa shape index (κ3) is 1.44.